The Morgan fingerprint density at radius 1 is 1.14 bits per heavy atom. The van der Waals surface area contributed by atoms with Crippen LogP contribution in [0.5, 0.6) is 0 Å². The van der Waals surface area contributed by atoms with Gasteiger partial charge in [0.2, 0.25) is 5.91 Å². The summed E-state index contributed by atoms with van der Waals surface area (Å²) in [4.78, 5) is 29.0. The summed E-state index contributed by atoms with van der Waals surface area (Å²) in [5.74, 6) is -0.446. The average molecular weight is 464 g/mol. The van der Waals surface area contributed by atoms with Crippen LogP contribution >= 0.6 is 15.9 Å². The van der Waals surface area contributed by atoms with Gasteiger partial charge >= 0.3 is 0 Å². The molecule has 3 rings (SSSR count). The number of rotatable bonds is 7. The molecule has 1 amide bonds. The van der Waals surface area contributed by atoms with E-state index in [1.165, 1.54) is 10.9 Å². The number of hydrogen-bond acceptors (Lipinski definition) is 5. The van der Waals surface area contributed by atoms with Crippen molar-refractivity contribution in [2.24, 2.45) is 0 Å². The quantitative estimate of drug-likeness (QED) is 0.541. The first kappa shape index (κ1) is 20.2. The fourth-order valence-electron chi connectivity index (χ4n) is 2.69. The van der Waals surface area contributed by atoms with Gasteiger partial charge in [0.15, 0.2) is 9.84 Å². The number of sulfone groups is 1. The van der Waals surface area contributed by atoms with Crippen LogP contribution in [-0.2, 0) is 21.2 Å². The van der Waals surface area contributed by atoms with Crippen LogP contribution in [-0.4, -0.2) is 36.2 Å². The first-order valence-corrected chi connectivity index (χ1v) is 11.0. The first-order valence-electron chi connectivity index (χ1n) is 8.56. The van der Waals surface area contributed by atoms with E-state index in [1.54, 1.807) is 48.5 Å². The van der Waals surface area contributed by atoms with Crippen LogP contribution in [0.25, 0.3) is 10.9 Å². The minimum atomic E-state index is -3.37. The fourth-order valence-corrected chi connectivity index (χ4v) is 4.38. The SMILES string of the molecule is O=C(Cn1cnc2ccc(Br)cc2c1=O)NCCCS(=O)(=O)c1ccccc1. The maximum Gasteiger partial charge on any atom is 0.261 e. The van der Waals surface area contributed by atoms with Crippen LogP contribution in [0.3, 0.4) is 0 Å². The lowest BCUT2D eigenvalue weighted by Crippen LogP contribution is -2.33. The van der Waals surface area contributed by atoms with Crippen molar-refractivity contribution >= 4 is 42.6 Å². The highest BCUT2D eigenvalue weighted by atomic mass is 79.9. The molecule has 1 aromatic heterocycles. The van der Waals surface area contributed by atoms with Gasteiger partial charge in [0.1, 0.15) is 6.54 Å². The van der Waals surface area contributed by atoms with Crippen molar-refractivity contribution in [3.8, 4) is 0 Å². The van der Waals surface area contributed by atoms with Crippen molar-refractivity contribution in [1.29, 1.82) is 0 Å². The van der Waals surface area contributed by atoms with Gasteiger partial charge in [-0.15, -0.1) is 0 Å². The first-order chi connectivity index (χ1) is 13.4. The van der Waals surface area contributed by atoms with Crippen molar-refractivity contribution in [2.75, 3.05) is 12.3 Å². The zero-order valence-corrected chi connectivity index (χ0v) is 17.2. The summed E-state index contributed by atoms with van der Waals surface area (Å²) in [7, 11) is -3.37. The van der Waals surface area contributed by atoms with Gasteiger partial charge in [0, 0.05) is 11.0 Å². The molecular weight excluding hydrogens is 446 g/mol. The van der Waals surface area contributed by atoms with Crippen LogP contribution in [0.2, 0.25) is 0 Å². The molecule has 0 atom stereocenters. The number of aromatic nitrogens is 2. The third-order valence-corrected chi connectivity index (χ3v) is 6.42. The molecule has 0 saturated heterocycles. The number of carbonyl (C=O) groups is 1. The summed E-state index contributed by atoms with van der Waals surface area (Å²) in [6, 6.07) is 13.4. The average Bonchev–Trinajstić information content (AvgIpc) is 2.68. The van der Waals surface area contributed by atoms with Crippen molar-refractivity contribution in [3.63, 3.8) is 0 Å². The lowest BCUT2D eigenvalue weighted by molar-refractivity contribution is -0.121. The van der Waals surface area contributed by atoms with Gasteiger partial charge < -0.3 is 5.32 Å². The normalized spacial score (nSPS) is 11.5. The maximum absolute atomic E-state index is 12.5. The number of nitrogens with zero attached hydrogens (tertiary/aromatic N) is 2. The molecule has 0 aliphatic carbocycles. The molecule has 28 heavy (non-hydrogen) atoms. The number of fused-ring (bicyclic) bond motifs is 1. The topological polar surface area (TPSA) is 98.1 Å². The Morgan fingerprint density at radius 2 is 1.89 bits per heavy atom. The molecule has 146 valence electrons. The summed E-state index contributed by atoms with van der Waals surface area (Å²) in [5.41, 5.74) is 0.240. The summed E-state index contributed by atoms with van der Waals surface area (Å²) in [5, 5.41) is 3.06. The zero-order valence-electron chi connectivity index (χ0n) is 14.8. The van der Waals surface area contributed by atoms with Gasteiger partial charge in [-0.2, -0.15) is 0 Å². The van der Waals surface area contributed by atoms with Gasteiger partial charge in [0.05, 0.1) is 27.9 Å². The highest BCUT2D eigenvalue weighted by molar-refractivity contribution is 9.10. The highest BCUT2D eigenvalue weighted by Crippen LogP contribution is 2.14. The fraction of sp³-hybridized carbons (Fsp3) is 0.211. The van der Waals surface area contributed by atoms with Gasteiger partial charge in [-0.25, -0.2) is 13.4 Å². The van der Waals surface area contributed by atoms with Crippen molar-refractivity contribution in [3.05, 3.63) is 69.7 Å². The van der Waals surface area contributed by atoms with E-state index in [0.29, 0.717) is 10.9 Å². The molecule has 0 fully saturated rings. The Hall–Kier alpha value is -2.52. The zero-order chi connectivity index (χ0) is 20.1. The van der Waals surface area contributed by atoms with Crippen LogP contribution < -0.4 is 10.9 Å². The monoisotopic (exact) mass is 463 g/mol. The van der Waals surface area contributed by atoms with Gasteiger partial charge in [0.25, 0.3) is 5.56 Å². The molecule has 0 unspecified atom stereocenters. The van der Waals surface area contributed by atoms with Crippen molar-refractivity contribution < 1.29 is 13.2 Å². The number of hydrogen-bond donors (Lipinski definition) is 1. The molecule has 2 aromatic carbocycles. The van der Waals surface area contributed by atoms with Crippen LogP contribution in [0, 0.1) is 0 Å². The molecule has 0 aliphatic rings. The molecule has 9 heteroatoms. The number of halogens is 1. The summed E-state index contributed by atoms with van der Waals surface area (Å²) < 4.78 is 26.4. The smallest absolute Gasteiger partial charge is 0.261 e. The molecule has 0 bridgehead atoms. The van der Waals surface area contributed by atoms with Gasteiger partial charge in [-0.1, -0.05) is 34.1 Å². The number of carbonyl (C=O) groups excluding carboxylic acids is 1. The largest absolute Gasteiger partial charge is 0.355 e. The van der Waals surface area contributed by atoms with Gasteiger partial charge in [-0.3, -0.25) is 14.2 Å². The summed E-state index contributed by atoms with van der Waals surface area (Å²) in [6.45, 7) is 0.0198. The van der Waals surface area contributed by atoms with Gasteiger partial charge in [-0.05, 0) is 36.8 Å². The second-order valence-corrected chi connectivity index (χ2v) is 9.20. The molecule has 1 heterocycles. The predicted molar refractivity (Wildman–Crippen MR) is 110 cm³/mol. The van der Waals surface area contributed by atoms with E-state index in [4.69, 9.17) is 0 Å². The Labute approximate surface area is 170 Å². The second kappa shape index (κ2) is 8.66. The molecular formula is C19H18BrN3O4S. The molecule has 3 aromatic rings. The Balaban J connectivity index is 1.56. The molecule has 0 saturated carbocycles. The van der Waals surface area contributed by atoms with E-state index in [9.17, 15) is 18.0 Å². The van der Waals surface area contributed by atoms with Crippen LogP contribution in [0.15, 0.2) is 69.0 Å². The minimum absolute atomic E-state index is 0.0667. The Kier molecular flexibility index (Phi) is 6.25. The van der Waals surface area contributed by atoms with Crippen LogP contribution in [0.4, 0.5) is 0 Å². The summed E-state index contributed by atoms with van der Waals surface area (Å²) in [6.07, 6.45) is 1.61. The van der Waals surface area contributed by atoms with Crippen molar-refractivity contribution in [2.45, 2.75) is 17.9 Å². The molecule has 0 radical (unpaired) electrons. The van der Waals surface area contributed by atoms with E-state index in [0.717, 1.165) is 4.47 Å². The summed E-state index contributed by atoms with van der Waals surface area (Å²) >= 11 is 3.31. The third kappa shape index (κ3) is 4.85. The van der Waals surface area contributed by atoms with Crippen molar-refractivity contribution in [1.82, 2.24) is 14.9 Å². The Morgan fingerprint density at radius 3 is 2.64 bits per heavy atom. The van der Waals surface area contributed by atoms with E-state index in [1.807, 2.05) is 0 Å². The minimum Gasteiger partial charge on any atom is -0.355 e. The highest BCUT2D eigenvalue weighted by Gasteiger charge is 2.14. The number of benzene rings is 2. The molecule has 0 aliphatic heterocycles. The molecule has 0 spiro atoms. The molecule has 1 N–H and O–H groups in total. The molecule has 7 nitrogen and oxygen atoms in total. The standard InChI is InChI=1S/C19H18BrN3O4S/c20-14-7-8-17-16(11-14)19(25)23(13-22-17)12-18(24)21-9-4-10-28(26,27)15-5-2-1-3-6-15/h1-3,5-8,11,13H,4,9-10,12H2,(H,21,24). The van der Waals surface area contributed by atoms with Crippen LogP contribution in [0.1, 0.15) is 6.42 Å². The number of nitrogens with one attached hydrogen (secondary N) is 1. The second-order valence-electron chi connectivity index (χ2n) is 6.17. The van der Waals surface area contributed by atoms with E-state index in [-0.39, 0.29) is 41.6 Å². The lowest BCUT2D eigenvalue weighted by Gasteiger charge is -2.08. The number of amides is 1. The predicted octanol–water partition coefficient (Wildman–Crippen LogP) is 2.14. The maximum atomic E-state index is 12.5. The Bertz CT molecular complexity index is 1160. The lowest BCUT2D eigenvalue weighted by atomic mass is 10.2. The van der Waals surface area contributed by atoms with E-state index in [2.05, 4.69) is 26.2 Å². The van der Waals surface area contributed by atoms with E-state index < -0.39 is 9.84 Å². The third-order valence-electron chi connectivity index (χ3n) is 4.11. The van der Waals surface area contributed by atoms with E-state index >= 15 is 0 Å².